The van der Waals surface area contributed by atoms with Crippen molar-refractivity contribution in [1.82, 2.24) is 9.88 Å². The molecule has 1 aliphatic rings. The lowest BCUT2D eigenvalue weighted by Crippen LogP contribution is -2.49. The number of alkyl halides is 3. The molecule has 1 aromatic heterocycles. The summed E-state index contributed by atoms with van der Waals surface area (Å²) in [5.74, 6) is 0.197. The van der Waals surface area contributed by atoms with E-state index in [1.807, 2.05) is 64.4 Å². The average molecular weight is 475 g/mol. The van der Waals surface area contributed by atoms with Crippen LogP contribution in [0.15, 0.2) is 66.9 Å². The van der Waals surface area contributed by atoms with E-state index >= 15 is 0 Å². The second-order valence-corrected chi connectivity index (χ2v) is 8.16. The molecule has 0 unspecified atom stereocenters. The third-order valence-corrected chi connectivity index (χ3v) is 5.75. The molecular formula is C24H22ClF3N4O. The van der Waals surface area contributed by atoms with Gasteiger partial charge in [-0.05, 0) is 17.7 Å². The summed E-state index contributed by atoms with van der Waals surface area (Å²) < 4.78 is 38.5. The summed E-state index contributed by atoms with van der Waals surface area (Å²) in [5.41, 5.74) is 1.83. The highest BCUT2D eigenvalue weighted by atomic mass is 35.5. The van der Waals surface area contributed by atoms with Gasteiger partial charge in [0, 0.05) is 43.6 Å². The topological polar surface area (TPSA) is 48.5 Å². The number of hydrogen-bond donors (Lipinski definition) is 1. The van der Waals surface area contributed by atoms with Crippen molar-refractivity contribution in [3.8, 4) is 11.1 Å². The molecule has 2 aromatic carbocycles. The number of anilines is 2. The third kappa shape index (κ3) is 5.64. The molecule has 0 aliphatic carbocycles. The number of para-hydroxylation sites is 1. The first-order valence-corrected chi connectivity index (χ1v) is 10.8. The minimum absolute atomic E-state index is 0.0338. The molecule has 1 N–H and O–H groups in total. The van der Waals surface area contributed by atoms with E-state index in [1.165, 1.54) is 0 Å². The number of aromatic nitrogens is 1. The Kier molecular flexibility index (Phi) is 6.85. The number of halogens is 4. The maximum absolute atomic E-state index is 12.8. The first-order chi connectivity index (χ1) is 15.8. The summed E-state index contributed by atoms with van der Waals surface area (Å²) in [4.78, 5) is 20.4. The van der Waals surface area contributed by atoms with Crippen LogP contribution in [0.3, 0.4) is 0 Å². The van der Waals surface area contributed by atoms with E-state index in [0.29, 0.717) is 32.0 Å². The van der Waals surface area contributed by atoms with Gasteiger partial charge in [0.15, 0.2) is 0 Å². The van der Waals surface area contributed by atoms with Gasteiger partial charge in [-0.15, -0.1) is 0 Å². The van der Waals surface area contributed by atoms with Crippen LogP contribution in [0.5, 0.6) is 0 Å². The zero-order valence-electron chi connectivity index (χ0n) is 17.6. The molecule has 0 saturated carbocycles. The van der Waals surface area contributed by atoms with Gasteiger partial charge in [-0.25, -0.2) is 4.98 Å². The van der Waals surface area contributed by atoms with Crippen LogP contribution in [0.25, 0.3) is 11.1 Å². The highest BCUT2D eigenvalue weighted by Crippen LogP contribution is 2.34. The van der Waals surface area contributed by atoms with Crippen LogP contribution in [-0.2, 0) is 11.0 Å². The SMILES string of the molecule is O=C(CN1CCN(c2ncc(C(F)(F)F)cc2Cl)CC1)Nc1ccccc1-c1ccccc1. The Morgan fingerprint density at radius 3 is 2.33 bits per heavy atom. The molecule has 9 heteroatoms. The van der Waals surface area contributed by atoms with E-state index in [0.717, 1.165) is 29.1 Å². The van der Waals surface area contributed by atoms with E-state index in [2.05, 4.69) is 10.3 Å². The zero-order chi connectivity index (χ0) is 23.4. The Bertz CT molecular complexity index is 1120. The van der Waals surface area contributed by atoms with Crippen LogP contribution in [0, 0.1) is 0 Å². The summed E-state index contributed by atoms with van der Waals surface area (Å²) in [7, 11) is 0. The van der Waals surface area contributed by atoms with Gasteiger partial charge < -0.3 is 10.2 Å². The molecule has 2 heterocycles. The summed E-state index contributed by atoms with van der Waals surface area (Å²) in [6, 6.07) is 18.4. The van der Waals surface area contributed by atoms with Crippen LogP contribution in [0.2, 0.25) is 5.02 Å². The van der Waals surface area contributed by atoms with E-state index < -0.39 is 11.7 Å². The Balaban J connectivity index is 1.34. The molecule has 172 valence electrons. The molecular weight excluding hydrogens is 453 g/mol. The minimum atomic E-state index is -4.49. The number of pyridine rings is 1. The fourth-order valence-corrected chi connectivity index (χ4v) is 4.08. The number of piperazine rings is 1. The number of amides is 1. The Hall–Kier alpha value is -3.10. The number of nitrogens with zero attached hydrogens (tertiary/aromatic N) is 3. The molecule has 5 nitrogen and oxygen atoms in total. The first kappa shape index (κ1) is 23.1. The Morgan fingerprint density at radius 1 is 1.00 bits per heavy atom. The summed E-state index contributed by atoms with van der Waals surface area (Å²) in [5, 5.41) is 2.96. The van der Waals surface area contributed by atoms with Gasteiger partial charge in [0.25, 0.3) is 0 Å². The van der Waals surface area contributed by atoms with Crippen molar-refractivity contribution in [1.29, 1.82) is 0 Å². The second kappa shape index (κ2) is 9.80. The molecule has 1 amide bonds. The van der Waals surface area contributed by atoms with Crippen LogP contribution in [-0.4, -0.2) is 48.5 Å². The van der Waals surface area contributed by atoms with Crippen LogP contribution in [0.4, 0.5) is 24.7 Å². The van der Waals surface area contributed by atoms with Gasteiger partial charge in [-0.1, -0.05) is 60.1 Å². The van der Waals surface area contributed by atoms with Crippen molar-refractivity contribution in [2.24, 2.45) is 0 Å². The Labute approximate surface area is 194 Å². The molecule has 0 bridgehead atoms. The average Bonchev–Trinajstić information content (AvgIpc) is 2.80. The van der Waals surface area contributed by atoms with E-state index in [1.54, 1.807) is 0 Å². The van der Waals surface area contributed by atoms with Crippen molar-refractivity contribution < 1.29 is 18.0 Å². The quantitative estimate of drug-likeness (QED) is 0.553. The molecule has 0 atom stereocenters. The molecule has 0 spiro atoms. The lowest BCUT2D eigenvalue weighted by atomic mass is 10.0. The maximum Gasteiger partial charge on any atom is 0.417 e. The predicted molar refractivity (Wildman–Crippen MR) is 123 cm³/mol. The van der Waals surface area contributed by atoms with Crippen molar-refractivity contribution in [3.63, 3.8) is 0 Å². The summed E-state index contributed by atoms with van der Waals surface area (Å²) in [6.45, 7) is 2.35. The lowest BCUT2D eigenvalue weighted by molar-refractivity contribution is -0.137. The summed E-state index contributed by atoms with van der Waals surface area (Å²) in [6.07, 6.45) is -3.69. The number of nitrogens with one attached hydrogen (secondary N) is 1. The largest absolute Gasteiger partial charge is 0.417 e. The van der Waals surface area contributed by atoms with Crippen LogP contribution < -0.4 is 10.2 Å². The molecule has 3 aromatic rings. The molecule has 1 saturated heterocycles. The highest BCUT2D eigenvalue weighted by molar-refractivity contribution is 6.33. The molecule has 33 heavy (non-hydrogen) atoms. The van der Waals surface area contributed by atoms with Gasteiger partial charge in [-0.3, -0.25) is 9.69 Å². The van der Waals surface area contributed by atoms with Gasteiger partial charge in [0.05, 0.1) is 17.1 Å². The number of carbonyl (C=O) groups excluding carboxylic acids is 1. The van der Waals surface area contributed by atoms with Gasteiger partial charge >= 0.3 is 6.18 Å². The third-order valence-electron chi connectivity index (χ3n) is 5.47. The zero-order valence-corrected chi connectivity index (χ0v) is 18.4. The maximum atomic E-state index is 12.8. The number of carbonyl (C=O) groups is 1. The van der Waals surface area contributed by atoms with Crippen molar-refractivity contribution >= 4 is 29.0 Å². The molecule has 1 fully saturated rings. The predicted octanol–water partition coefficient (Wildman–Crippen LogP) is 5.18. The fraction of sp³-hybridized carbons (Fsp3) is 0.250. The Morgan fingerprint density at radius 2 is 1.67 bits per heavy atom. The number of benzene rings is 2. The standard InChI is InChI=1S/C24H22ClF3N4O/c25-20-14-18(24(26,27)28)15-29-23(20)32-12-10-31(11-13-32)16-22(33)30-21-9-5-4-8-19(21)17-6-2-1-3-7-17/h1-9,14-15H,10-13,16H2,(H,30,33). The molecule has 0 radical (unpaired) electrons. The minimum Gasteiger partial charge on any atom is -0.353 e. The first-order valence-electron chi connectivity index (χ1n) is 10.5. The number of hydrogen-bond acceptors (Lipinski definition) is 4. The smallest absolute Gasteiger partial charge is 0.353 e. The van der Waals surface area contributed by atoms with E-state index in [4.69, 9.17) is 11.6 Å². The lowest BCUT2D eigenvalue weighted by Gasteiger charge is -2.35. The van der Waals surface area contributed by atoms with E-state index in [9.17, 15) is 18.0 Å². The van der Waals surface area contributed by atoms with Crippen molar-refractivity contribution in [2.45, 2.75) is 6.18 Å². The van der Waals surface area contributed by atoms with Crippen molar-refractivity contribution in [2.75, 3.05) is 42.9 Å². The molecule has 4 rings (SSSR count). The molecule has 1 aliphatic heterocycles. The van der Waals surface area contributed by atoms with Crippen molar-refractivity contribution in [3.05, 3.63) is 77.4 Å². The fourth-order valence-electron chi connectivity index (χ4n) is 3.79. The van der Waals surface area contributed by atoms with Crippen LogP contribution >= 0.6 is 11.6 Å². The van der Waals surface area contributed by atoms with E-state index in [-0.39, 0.29) is 17.5 Å². The number of rotatable bonds is 5. The highest BCUT2D eigenvalue weighted by Gasteiger charge is 2.32. The monoisotopic (exact) mass is 474 g/mol. The summed E-state index contributed by atoms with van der Waals surface area (Å²) >= 11 is 6.06. The van der Waals surface area contributed by atoms with Gasteiger partial charge in [0.1, 0.15) is 5.82 Å². The van der Waals surface area contributed by atoms with Gasteiger partial charge in [-0.2, -0.15) is 13.2 Å². The van der Waals surface area contributed by atoms with Crippen LogP contribution in [0.1, 0.15) is 5.56 Å². The van der Waals surface area contributed by atoms with Gasteiger partial charge in [0.2, 0.25) is 5.91 Å². The normalized spacial score (nSPS) is 14.8. The second-order valence-electron chi connectivity index (χ2n) is 7.75.